The molecular formula is C35H46N6O5. The van der Waals surface area contributed by atoms with Crippen LogP contribution in [0.1, 0.15) is 63.9 Å². The van der Waals surface area contributed by atoms with E-state index < -0.39 is 17.6 Å². The zero-order chi connectivity index (χ0) is 33.4. The quantitative estimate of drug-likeness (QED) is 0.260. The van der Waals surface area contributed by atoms with Crippen molar-refractivity contribution in [1.82, 2.24) is 20.2 Å². The molecule has 1 saturated carbocycles. The number of hydrogen-bond donors (Lipinski definition) is 1. The number of rotatable bonds is 11. The molecule has 0 spiro atoms. The molecule has 1 aromatic heterocycles. The highest BCUT2D eigenvalue weighted by Crippen LogP contribution is 2.39. The van der Waals surface area contributed by atoms with Gasteiger partial charge in [-0.1, -0.05) is 18.2 Å². The number of amides is 2. The van der Waals surface area contributed by atoms with E-state index in [4.69, 9.17) is 14.2 Å². The Labute approximate surface area is 271 Å². The number of ether oxygens (including phenoxy) is 3. The van der Waals surface area contributed by atoms with Crippen molar-refractivity contribution in [3.8, 4) is 23.2 Å². The van der Waals surface area contributed by atoms with Crippen LogP contribution in [-0.2, 0) is 9.47 Å². The van der Waals surface area contributed by atoms with Crippen LogP contribution in [0.25, 0.3) is 22.2 Å². The van der Waals surface area contributed by atoms with E-state index in [9.17, 15) is 14.9 Å². The maximum atomic E-state index is 13.7. The minimum Gasteiger partial charge on any atom is -0.489 e. The largest absolute Gasteiger partial charge is 0.489 e. The number of hydrogen-bond acceptors (Lipinski definition) is 9. The SMILES string of the molecule is COCCOc1ccc2ccc(-c3nccc(C(=O)NC4CCC(N(C)C)CC4)n3)cc2c1N(CC(C)C#N)C(=O)OC(C)(C)C. The first-order valence-electron chi connectivity index (χ1n) is 15.8. The second-order valence-corrected chi connectivity index (χ2v) is 13.0. The predicted octanol–water partition coefficient (Wildman–Crippen LogP) is 5.83. The Kier molecular flexibility index (Phi) is 11.5. The molecule has 0 radical (unpaired) electrons. The smallest absolute Gasteiger partial charge is 0.414 e. The van der Waals surface area contributed by atoms with Crippen LogP contribution in [0.4, 0.5) is 10.5 Å². The van der Waals surface area contributed by atoms with Gasteiger partial charge >= 0.3 is 6.09 Å². The minimum absolute atomic E-state index is 0.0814. The van der Waals surface area contributed by atoms with Crippen molar-refractivity contribution in [1.29, 1.82) is 5.26 Å². The molecular weight excluding hydrogens is 584 g/mol. The predicted molar refractivity (Wildman–Crippen MR) is 178 cm³/mol. The first kappa shape index (κ1) is 34.6. The summed E-state index contributed by atoms with van der Waals surface area (Å²) < 4.78 is 17.1. The lowest BCUT2D eigenvalue weighted by atomic mass is 9.90. The summed E-state index contributed by atoms with van der Waals surface area (Å²) in [6.45, 7) is 7.81. The van der Waals surface area contributed by atoms with Crippen molar-refractivity contribution in [2.75, 3.05) is 45.9 Å². The van der Waals surface area contributed by atoms with Gasteiger partial charge in [-0.05, 0) is 91.1 Å². The van der Waals surface area contributed by atoms with Crippen LogP contribution in [0.5, 0.6) is 5.75 Å². The number of anilines is 1. The van der Waals surface area contributed by atoms with E-state index in [0.29, 0.717) is 40.9 Å². The van der Waals surface area contributed by atoms with Crippen LogP contribution in [0.15, 0.2) is 42.6 Å². The molecule has 1 aliphatic carbocycles. The van der Waals surface area contributed by atoms with E-state index >= 15 is 0 Å². The molecule has 1 aliphatic rings. The highest BCUT2D eigenvalue weighted by atomic mass is 16.6. The zero-order valence-corrected chi connectivity index (χ0v) is 28.0. The Morgan fingerprint density at radius 2 is 1.80 bits per heavy atom. The summed E-state index contributed by atoms with van der Waals surface area (Å²) in [7, 11) is 5.78. The Hall–Kier alpha value is -4.27. The van der Waals surface area contributed by atoms with E-state index in [1.54, 1.807) is 53.1 Å². The Balaban J connectivity index is 1.73. The van der Waals surface area contributed by atoms with Crippen LogP contribution < -0.4 is 15.0 Å². The number of nitriles is 1. The van der Waals surface area contributed by atoms with Gasteiger partial charge in [0.15, 0.2) is 5.82 Å². The second-order valence-electron chi connectivity index (χ2n) is 13.0. The molecule has 4 rings (SSSR count). The fraction of sp³-hybridized carbons (Fsp3) is 0.514. The molecule has 3 aromatic rings. The van der Waals surface area contributed by atoms with E-state index in [2.05, 4.69) is 40.3 Å². The maximum absolute atomic E-state index is 13.7. The third-order valence-electron chi connectivity index (χ3n) is 7.97. The summed E-state index contributed by atoms with van der Waals surface area (Å²) in [6.07, 6.45) is 4.91. The number of benzene rings is 2. The molecule has 1 N–H and O–H groups in total. The van der Waals surface area contributed by atoms with E-state index in [1.807, 2.05) is 24.3 Å². The Morgan fingerprint density at radius 1 is 1.09 bits per heavy atom. The number of carbonyl (C=O) groups excluding carboxylic acids is 2. The number of aromatic nitrogens is 2. The van der Waals surface area contributed by atoms with Gasteiger partial charge in [0, 0.05) is 42.9 Å². The van der Waals surface area contributed by atoms with Crippen molar-refractivity contribution in [3.63, 3.8) is 0 Å². The van der Waals surface area contributed by atoms with Gasteiger partial charge < -0.3 is 24.4 Å². The van der Waals surface area contributed by atoms with E-state index in [1.165, 1.54) is 4.90 Å². The van der Waals surface area contributed by atoms with Crippen LogP contribution >= 0.6 is 0 Å². The fourth-order valence-corrected chi connectivity index (χ4v) is 5.56. The topological polar surface area (TPSA) is 130 Å². The number of nitrogens with zero attached hydrogens (tertiary/aromatic N) is 5. The summed E-state index contributed by atoms with van der Waals surface area (Å²) in [5.74, 6) is 0.0931. The van der Waals surface area contributed by atoms with Crippen LogP contribution in [0.3, 0.4) is 0 Å². The van der Waals surface area contributed by atoms with E-state index in [0.717, 1.165) is 31.1 Å². The fourth-order valence-electron chi connectivity index (χ4n) is 5.56. The minimum atomic E-state index is -0.765. The van der Waals surface area contributed by atoms with Crippen LogP contribution in [0, 0.1) is 17.2 Å². The molecule has 1 unspecified atom stereocenters. The second kappa shape index (κ2) is 15.3. The molecule has 0 bridgehead atoms. The summed E-state index contributed by atoms with van der Waals surface area (Å²) in [5.41, 5.74) is 0.642. The van der Waals surface area contributed by atoms with Gasteiger partial charge in [-0.15, -0.1) is 0 Å². The monoisotopic (exact) mass is 630 g/mol. The molecule has 2 amide bonds. The maximum Gasteiger partial charge on any atom is 0.414 e. The number of nitrogens with one attached hydrogen (secondary N) is 1. The molecule has 1 fully saturated rings. The molecule has 0 aliphatic heterocycles. The number of carbonyl (C=O) groups is 2. The van der Waals surface area contributed by atoms with Crippen molar-refractivity contribution in [2.45, 2.75) is 71.1 Å². The molecule has 0 saturated heterocycles. The van der Waals surface area contributed by atoms with Crippen LogP contribution in [-0.4, -0.2) is 85.5 Å². The molecule has 46 heavy (non-hydrogen) atoms. The van der Waals surface area contributed by atoms with Gasteiger partial charge in [0.25, 0.3) is 5.91 Å². The molecule has 11 nitrogen and oxygen atoms in total. The highest BCUT2D eigenvalue weighted by Gasteiger charge is 2.29. The Bertz CT molecular complexity index is 1560. The average molecular weight is 631 g/mol. The lowest BCUT2D eigenvalue weighted by Crippen LogP contribution is -2.42. The number of fused-ring (bicyclic) bond motifs is 1. The molecule has 2 aromatic carbocycles. The molecule has 11 heteroatoms. The summed E-state index contributed by atoms with van der Waals surface area (Å²) >= 11 is 0. The van der Waals surface area contributed by atoms with Gasteiger partial charge in [-0.2, -0.15) is 5.26 Å². The van der Waals surface area contributed by atoms with E-state index in [-0.39, 0.29) is 30.8 Å². The van der Waals surface area contributed by atoms with Crippen molar-refractivity contribution in [3.05, 3.63) is 48.3 Å². The first-order valence-corrected chi connectivity index (χ1v) is 15.8. The molecule has 1 heterocycles. The summed E-state index contributed by atoms with van der Waals surface area (Å²) in [5, 5.41) is 14.3. The lowest BCUT2D eigenvalue weighted by molar-refractivity contribution is 0.0576. The number of methoxy groups -OCH3 is 1. The van der Waals surface area contributed by atoms with Crippen LogP contribution in [0.2, 0.25) is 0 Å². The molecule has 246 valence electrons. The van der Waals surface area contributed by atoms with Crippen molar-refractivity contribution >= 4 is 28.5 Å². The summed E-state index contributed by atoms with van der Waals surface area (Å²) in [6, 6.07) is 13.9. The lowest BCUT2D eigenvalue weighted by Gasteiger charge is -2.32. The Morgan fingerprint density at radius 3 is 2.46 bits per heavy atom. The van der Waals surface area contributed by atoms with Gasteiger partial charge in [-0.3, -0.25) is 9.69 Å². The van der Waals surface area contributed by atoms with Crippen molar-refractivity contribution < 1.29 is 23.8 Å². The molecule has 1 atom stereocenters. The standard InChI is InChI=1S/C35H46N6O5/c1-23(21-36)22-41(34(43)46-35(2,3)4)31-28-20-25(9-8-24(28)10-15-30(31)45-19-18-44-7)32-37-17-16-29(39-32)33(42)38-26-11-13-27(14-12-26)40(5)6/h8-10,15-17,20,23,26-27H,11-14,18-19,22H2,1-7H3,(H,38,42). The summed E-state index contributed by atoms with van der Waals surface area (Å²) in [4.78, 5) is 39.7. The third-order valence-corrected chi connectivity index (χ3v) is 7.97. The van der Waals surface area contributed by atoms with Gasteiger partial charge in [0.2, 0.25) is 0 Å². The van der Waals surface area contributed by atoms with Gasteiger partial charge in [0.1, 0.15) is 23.7 Å². The van der Waals surface area contributed by atoms with Gasteiger partial charge in [-0.25, -0.2) is 14.8 Å². The average Bonchev–Trinajstić information content (AvgIpc) is 3.02. The first-order chi connectivity index (χ1) is 21.9. The highest BCUT2D eigenvalue weighted by molar-refractivity contribution is 6.05. The zero-order valence-electron chi connectivity index (χ0n) is 28.0. The van der Waals surface area contributed by atoms with Gasteiger partial charge in [0.05, 0.1) is 24.3 Å². The van der Waals surface area contributed by atoms with Crippen molar-refractivity contribution in [2.24, 2.45) is 5.92 Å². The third kappa shape index (κ3) is 8.92. The normalized spacial score (nSPS) is 17.3.